The second-order valence-corrected chi connectivity index (χ2v) is 13.5. The fraction of sp³-hybridized carbons (Fsp3) is 0.0196. The molecule has 0 radical (unpaired) electrons. The van der Waals surface area contributed by atoms with Crippen LogP contribution < -0.4 is 9.80 Å². The predicted molar refractivity (Wildman–Crippen MR) is 229 cm³/mol. The van der Waals surface area contributed by atoms with Gasteiger partial charge in [0.25, 0.3) is 0 Å². The molecular weight excluding hydrogens is 641 g/mol. The van der Waals surface area contributed by atoms with Crippen LogP contribution in [0.1, 0.15) is 11.1 Å². The third-order valence-corrected chi connectivity index (χ3v) is 10.4. The summed E-state index contributed by atoms with van der Waals surface area (Å²) in [5.74, 6) is 0. The van der Waals surface area contributed by atoms with Gasteiger partial charge in [0.2, 0.25) is 0 Å². The van der Waals surface area contributed by atoms with Crippen molar-refractivity contribution in [2.24, 2.45) is 0 Å². The molecule has 0 spiro atoms. The van der Waals surface area contributed by atoms with Crippen molar-refractivity contribution < 1.29 is 0 Å². The summed E-state index contributed by atoms with van der Waals surface area (Å²) in [7, 11) is 0. The summed E-state index contributed by atoms with van der Waals surface area (Å²) < 4.78 is 0. The third kappa shape index (κ3) is 5.81. The van der Waals surface area contributed by atoms with E-state index in [4.69, 9.17) is 0 Å². The third-order valence-electron chi connectivity index (χ3n) is 10.4. The second kappa shape index (κ2) is 13.7. The zero-order valence-corrected chi connectivity index (χ0v) is 29.7. The maximum absolute atomic E-state index is 4.24. The summed E-state index contributed by atoms with van der Waals surface area (Å²) in [5.41, 5.74) is 11.4. The van der Waals surface area contributed by atoms with Gasteiger partial charge in [0, 0.05) is 33.7 Å². The highest BCUT2D eigenvalue weighted by Crippen LogP contribution is 2.44. The highest BCUT2D eigenvalue weighted by atomic mass is 15.1. The van der Waals surface area contributed by atoms with Gasteiger partial charge in [-0.1, -0.05) is 146 Å². The zero-order chi connectivity index (χ0) is 35.7. The summed E-state index contributed by atoms with van der Waals surface area (Å²) in [5, 5.41) is 7.42. The van der Waals surface area contributed by atoms with Crippen molar-refractivity contribution in [1.29, 1.82) is 0 Å². The highest BCUT2D eigenvalue weighted by Gasteiger charge is 2.20. The molecule has 0 atom stereocenters. The minimum absolute atomic E-state index is 1.09. The van der Waals surface area contributed by atoms with Gasteiger partial charge in [-0.15, -0.1) is 0 Å². The van der Waals surface area contributed by atoms with Crippen LogP contribution in [-0.4, -0.2) is 0 Å². The Balaban J connectivity index is 1.11. The van der Waals surface area contributed by atoms with Crippen molar-refractivity contribution in [2.75, 3.05) is 9.80 Å². The second-order valence-electron chi connectivity index (χ2n) is 13.5. The molecule has 53 heavy (non-hydrogen) atoms. The van der Waals surface area contributed by atoms with E-state index in [0.29, 0.717) is 0 Å². The average Bonchev–Trinajstić information content (AvgIpc) is 3.23. The largest absolute Gasteiger partial charge is 0.310 e. The van der Waals surface area contributed by atoms with Gasteiger partial charge in [0.05, 0.1) is 11.4 Å². The fourth-order valence-corrected chi connectivity index (χ4v) is 7.80. The monoisotopic (exact) mass is 678 g/mol. The van der Waals surface area contributed by atoms with Gasteiger partial charge in [-0.25, -0.2) is 0 Å². The number of anilines is 6. The molecule has 252 valence electrons. The molecule has 0 aliphatic carbocycles. The molecule has 0 amide bonds. The van der Waals surface area contributed by atoms with Crippen LogP contribution in [-0.2, 0) is 0 Å². The Labute approximate surface area is 311 Å². The molecule has 0 N–H and O–H groups in total. The molecule has 0 saturated carbocycles. The minimum Gasteiger partial charge on any atom is -0.310 e. The molecule has 0 heterocycles. The summed E-state index contributed by atoms with van der Waals surface area (Å²) in [6, 6.07) is 69.7. The number of para-hydroxylation sites is 2. The Kier molecular flexibility index (Phi) is 8.26. The Morgan fingerprint density at radius 1 is 0.377 bits per heavy atom. The van der Waals surface area contributed by atoms with Gasteiger partial charge in [0.1, 0.15) is 0 Å². The number of benzene rings is 9. The van der Waals surface area contributed by atoms with Crippen LogP contribution in [0.15, 0.2) is 201 Å². The Bertz CT molecular complexity index is 2730. The van der Waals surface area contributed by atoms with Crippen molar-refractivity contribution in [3.8, 4) is 11.1 Å². The Morgan fingerprint density at radius 3 is 1.32 bits per heavy atom. The van der Waals surface area contributed by atoms with Crippen LogP contribution >= 0.6 is 0 Å². The van der Waals surface area contributed by atoms with Crippen LogP contribution in [0, 0.1) is 6.92 Å². The average molecular weight is 679 g/mol. The lowest BCUT2D eigenvalue weighted by molar-refractivity contribution is 1.27. The molecule has 9 rings (SSSR count). The number of hydrogen-bond acceptors (Lipinski definition) is 2. The van der Waals surface area contributed by atoms with Crippen LogP contribution in [0.25, 0.3) is 49.5 Å². The van der Waals surface area contributed by atoms with Gasteiger partial charge in [-0.2, -0.15) is 0 Å². The van der Waals surface area contributed by atoms with Crippen LogP contribution in [0.2, 0.25) is 0 Å². The molecule has 0 fully saturated rings. The lowest BCUT2D eigenvalue weighted by Crippen LogP contribution is -2.12. The van der Waals surface area contributed by atoms with E-state index in [1.54, 1.807) is 0 Å². The van der Waals surface area contributed by atoms with E-state index in [2.05, 4.69) is 217 Å². The first kappa shape index (κ1) is 32.0. The smallest absolute Gasteiger partial charge is 0.0546 e. The fourth-order valence-electron chi connectivity index (χ4n) is 7.80. The molecule has 0 bridgehead atoms. The molecule has 2 heteroatoms. The molecule has 2 nitrogen and oxygen atoms in total. The standard InChI is InChI=1S/C51H38N2/c1-3-45-36(2)46-22-12-10-16-39(46)34-50(45)52(41-18-6-4-7-19-41)43-30-26-37(27-31-43)38-28-32-44(33-29-38)53(42-20-8-5-9-21-42)51-35-40-17-11-13-23-47(40)48-24-14-15-25-49(48)51/h3-35H,1H2,2H3. The maximum Gasteiger partial charge on any atom is 0.0546 e. The highest BCUT2D eigenvalue weighted by molar-refractivity contribution is 6.14. The van der Waals surface area contributed by atoms with E-state index < -0.39 is 0 Å². The van der Waals surface area contributed by atoms with Crippen LogP contribution in [0.3, 0.4) is 0 Å². The first-order valence-electron chi connectivity index (χ1n) is 18.1. The van der Waals surface area contributed by atoms with E-state index in [1.807, 2.05) is 6.08 Å². The quantitative estimate of drug-likeness (QED) is 0.148. The van der Waals surface area contributed by atoms with Crippen LogP contribution in [0.4, 0.5) is 34.1 Å². The number of rotatable bonds is 8. The van der Waals surface area contributed by atoms with Crippen LogP contribution in [0.5, 0.6) is 0 Å². The Morgan fingerprint density at radius 2 is 0.774 bits per heavy atom. The van der Waals surface area contributed by atoms with Gasteiger partial charge in [-0.05, 0) is 111 Å². The van der Waals surface area contributed by atoms with Crippen molar-refractivity contribution in [1.82, 2.24) is 0 Å². The van der Waals surface area contributed by atoms with E-state index in [-0.39, 0.29) is 0 Å². The molecule has 0 unspecified atom stereocenters. The van der Waals surface area contributed by atoms with Gasteiger partial charge < -0.3 is 9.80 Å². The molecular formula is C51H38N2. The van der Waals surface area contributed by atoms with E-state index in [0.717, 1.165) is 50.8 Å². The summed E-state index contributed by atoms with van der Waals surface area (Å²) in [4.78, 5) is 4.72. The Hall–Kier alpha value is -6.90. The lowest BCUT2D eigenvalue weighted by Gasteiger charge is -2.29. The molecule has 0 saturated heterocycles. The summed E-state index contributed by atoms with van der Waals surface area (Å²) >= 11 is 0. The van der Waals surface area contributed by atoms with Crippen molar-refractivity contribution in [3.05, 3.63) is 212 Å². The summed E-state index contributed by atoms with van der Waals surface area (Å²) in [6.45, 7) is 6.43. The minimum atomic E-state index is 1.09. The number of aryl methyl sites for hydroxylation is 1. The molecule has 0 aliphatic rings. The van der Waals surface area contributed by atoms with Gasteiger partial charge in [-0.3, -0.25) is 0 Å². The molecule has 0 aromatic heterocycles. The summed E-state index contributed by atoms with van der Waals surface area (Å²) in [6.07, 6.45) is 1.99. The normalized spacial score (nSPS) is 11.2. The zero-order valence-electron chi connectivity index (χ0n) is 29.7. The number of fused-ring (bicyclic) bond motifs is 4. The first-order valence-corrected chi connectivity index (χ1v) is 18.1. The topological polar surface area (TPSA) is 6.48 Å². The van der Waals surface area contributed by atoms with Gasteiger partial charge in [0.15, 0.2) is 0 Å². The molecule has 9 aromatic rings. The van der Waals surface area contributed by atoms with E-state index in [9.17, 15) is 0 Å². The number of nitrogens with zero attached hydrogens (tertiary/aromatic N) is 2. The van der Waals surface area contributed by atoms with Crippen molar-refractivity contribution in [2.45, 2.75) is 6.92 Å². The predicted octanol–water partition coefficient (Wildman–Crippen LogP) is 14.7. The van der Waals surface area contributed by atoms with Gasteiger partial charge >= 0.3 is 0 Å². The molecule has 9 aromatic carbocycles. The van der Waals surface area contributed by atoms with Crippen molar-refractivity contribution >= 4 is 72.5 Å². The first-order chi connectivity index (χ1) is 26.2. The lowest BCUT2D eigenvalue weighted by atomic mass is 9.96. The maximum atomic E-state index is 4.24. The SMILES string of the molecule is C=Cc1c(N(c2ccccc2)c2ccc(-c3ccc(N(c4ccccc4)c4cc5ccccc5c5ccccc45)cc3)cc2)cc2ccccc2c1C. The number of hydrogen-bond donors (Lipinski definition) is 0. The van der Waals surface area contributed by atoms with E-state index in [1.165, 1.54) is 37.9 Å². The molecule has 0 aliphatic heterocycles. The van der Waals surface area contributed by atoms with Crippen molar-refractivity contribution in [3.63, 3.8) is 0 Å². The van der Waals surface area contributed by atoms with E-state index >= 15 is 0 Å².